The van der Waals surface area contributed by atoms with Gasteiger partial charge in [-0.05, 0) is 38.6 Å². The first-order chi connectivity index (χ1) is 8.84. The molecule has 18 heavy (non-hydrogen) atoms. The molecule has 98 valence electrons. The second-order valence-electron chi connectivity index (χ2n) is 5.23. The fraction of sp³-hybridized carbons (Fsp3) is 0.692. The topological polar surface area (TPSA) is 61.0 Å². The summed E-state index contributed by atoms with van der Waals surface area (Å²) in [5.74, 6) is 0.831. The van der Waals surface area contributed by atoms with E-state index in [1.54, 1.807) is 6.07 Å². The van der Waals surface area contributed by atoms with Gasteiger partial charge in [-0.25, -0.2) is 4.98 Å². The van der Waals surface area contributed by atoms with Crippen molar-refractivity contribution >= 4 is 5.82 Å². The van der Waals surface area contributed by atoms with Gasteiger partial charge in [-0.2, -0.15) is 0 Å². The number of hydrogen-bond donors (Lipinski definition) is 2. The molecule has 2 N–H and O–H groups in total. The van der Waals surface area contributed by atoms with E-state index in [0.717, 1.165) is 18.9 Å². The Kier molecular flexibility index (Phi) is 3.32. The molecule has 3 heterocycles. The lowest BCUT2D eigenvalue weighted by Gasteiger charge is -2.40. The molecule has 0 aromatic carbocycles. The quantitative estimate of drug-likeness (QED) is 0.815. The van der Waals surface area contributed by atoms with E-state index in [4.69, 9.17) is 0 Å². The summed E-state index contributed by atoms with van der Waals surface area (Å²) in [4.78, 5) is 20.7. The first-order valence-corrected chi connectivity index (χ1v) is 6.89. The molecule has 3 rings (SSSR count). The highest BCUT2D eigenvalue weighted by molar-refractivity contribution is 5.39. The van der Waals surface area contributed by atoms with E-state index in [0.29, 0.717) is 12.1 Å². The zero-order chi connectivity index (χ0) is 12.4. The fourth-order valence-corrected chi connectivity index (χ4v) is 3.22. The maximum Gasteiger partial charge on any atom is 0.252 e. The van der Waals surface area contributed by atoms with Crippen LogP contribution in [0.1, 0.15) is 32.1 Å². The predicted octanol–water partition coefficient (Wildman–Crippen LogP) is 0.881. The number of nitrogens with zero attached hydrogens (tertiary/aromatic N) is 2. The third-order valence-electron chi connectivity index (χ3n) is 4.07. The van der Waals surface area contributed by atoms with Crippen molar-refractivity contribution in [3.8, 4) is 0 Å². The zero-order valence-electron chi connectivity index (χ0n) is 10.6. The monoisotopic (exact) mass is 248 g/mol. The van der Waals surface area contributed by atoms with E-state index < -0.39 is 0 Å². The van der Waals surface area contributed by atoms with Crippen LogP contribution in [0, 0.1) is 0 Å². The Balaban J connectivity index is 1.84. The van der Waals surface area contributed by atoms with Crippen LogP contribution in [0.4, 0.5) is 5.82 Å². The molecular formula is C13H20N4O. The highest BCUT2D eigenvalue weighted by Crippen LogP contribution is 2.27. The largest absolute Gasteiger partial charge is 0.352 e. The van der Waals surface area contributed by atoms with Crippen LogP contribution >= 0.6 is 0 Å². The van der Waals surface area contributed by atoms with Gasteiger partial charge in [0.15, 0.2) is 0 Å². The molecular weight excluding hydrogens is 228 g/mol. The van der Waals surface area contributed by atoms with Gasteiger partial charge in [-0.3, -0.25) is 4.79 Å². The number of aromatic amines is 1. The molecule has 0 spiro atoms. The van der Waals surface area contributed by atoms with Crippen molar-refractivity contribution in [3.05, 3.63) is 22.7 Å². The molecule has 2 atom stereocenters. The summed E-state index contributed by atoms with van der Waals surface area (Å²) in [6.45, 7) is 2.14. The van der Waals surface area contributed by atoms with Crippen LogP contribution in [0.3, 0.4) is 0 Å². The van der Waals surface area contributed by atoms with Gasteiger partial charge in [0.1, 0.15) is 5.82 Å². The fourth-order valence-electron chi connectivity index (χ4n) is 3.22. The average Bonchev–Trinajstić information content (AvgIpc) is 2.92. The Hall–Kier alpha value is -1.36. The molecule has 0 bridgehead atoms. The van der Waals surface area contributed by atoms with Crippen LogP contribution in [0.25, 0.3) is 0 Å². The maximum absolute atomic E-state index is 11.4. The summed E-state index contributed by atoms with van der Waals surface area (Å²) in [5.41, 5.74) is -0.0660. The Bertz CT molecular complexity index is 452. The van der Waals surface area contributed by atoms with Gasteiger partial charge in [0.2, 0.25) is 0 Å². The molecule has 0 radical (unpaired) electrons. The van der Waals surface area contributed by atoms with E-state index in [1.807, 2.05) is 0 Å². The normalized spacial score (nSPS) is 28.6. The summed E-state index contributed by atoms with van der Waals surface area (Å²) >= 11 is 0. The Labute approximate surface area is 107 Å². The highest BCUT2D eigenvalue weighted by Gasteiger charge is 2.32. The van der Waals surface area contributed by atoms with E-state index in [9.17, 15) is 4.79 Å². The Morgan fingerprint density at radius 1 is 1.28 bits per heavy atom. The lowest BCUT2D eigenvalue weighted by Crippen LogP contribution is -2.50. The number of piperidine rings is 1. The average molecular weight is 248 g/mol. The molecule has 0 saturated carbocycles. The van der Waals surface area contributed by atoms with Gasteiger partial charge in [0.25, 0.3) is 5.56 Å². The standard InChI is InChI=1S/C13H20N4O/c18-13-8-12(15-9-16-13)17-7-2-1-5-11(17)10-4-3-6-14-10/h8-11,14H,1-7H2,(H,15,16,18). The third kappa shape index (κ3) is 2.27. The maximum atomic E-state index is 11.4. The van der Waals surface area contributed by atoms with E-state index in [-0.39, 0.29) is 5.56 Å². The molecule has 2 aliphatic rings. The minimum atomic E-state index is -0.0660. The number of H-pyrrole nitrogens is 1. The van der Waals surface area contributed by atoms with Gasteiger partial charge < -0.3 is 15.2 Å². The summed E-state index contributed by atoms with van der Waals surface area (Å²) in [6, 6.07) is 2.68. The third-order valence-corrected chi connectivity index (χ3v) is 4.07. The van der Waals surface area contributed by atoms with Gasteiger partial charge in [0.05, 0.1) is 6.33 Å². The SMILES string of the molecule is O=c1cc(N2CCCCC2C2CCCN2)nc[nH]1. The molecule has 1 aromatic rings. The van der Waals surface area contributed by atoms with Crippen molar-refractivity contribution in [3.63, 3.8) is 0 Å². The summed E-state index contributed by atoms with van der Waals surface area (Å²) in [6.07, 6.45) is 7.68. The molecule has 0 amide bonds. The van der Waals surface area contributed by atoms with Crippen LogP contribution in [-0.2, 0) is 0 Å². The lowest BCUT2D eigenvalue weighted by molar-refractivity contribution is 0.376. The Morgan fingerprint density at radius 3 is 3.00 bits per heavy atom. The summed E-state index contributed by atoms with van der Waals surface area (Å²) in [5, 5.41) is 3.59. The molecule has 5 nitrogen and oxygen atoms in total. The minimum absolute atomic E-state index is 0.0660. The van der Waals surface area contributed by atoms with E-state index in [1.165, 1.54) is 38.4 Å². The van der Waals surface area contributed by atoms with E-state index >= 15 is 0 Å². The lowest BCUT2D eigenvalue weighted by atomic mass is 9.94. The van der Waals surface area contributed by atoms with Crippen molar-refractivity contribution in [2.45, 2.75) is 44.2 Å². The van der Waals surface area contributed by atoms with Crippen molar-refractivity contribution in [1.29, 1.82) is 0 Å². The van der Waals surface area contributed by atoms with Crippen LogP contribution in [0.2, 0.25) is 0 Å². The van der Waals surface area contributed by atoms with Gasteiger partial charge in [-0.15, -0.1) is 0 Å². The number of hydrogen-bond acceptors (Lipinski definition) is 4. The first kappa shape index (κ1) is 11.7. The van der Waals surface area contributed by atoms with Crippen LogP contribution in [-0.4, -0.2) is 35.1 Å². The predicted molar refractivity (Wildman–Crippen MR) is 70.9 cm³/mol. The number of aromatic nitrogens is 2. The van der Waals surface area contributed by atoms with Crippen molar-refractivity contribution in [2.75, 3.05) is 18.0 Å². The Morgan fingerprint density at radius 2 is 2.22 bits per heavy atom. The molecule has 5 heteroatoms. The smallest absolute Gasteiger partial charge is 0.252 e. The number of anilines is 1. The summed E-state index contributed by atoms with van der Waals surface area (Å²) in [7, 11) is 0. The van der Waals surface area contributed by atoms with Crippen LogP contribution in [0.5, 0.6) is 0 Å². The molecule has 2 fully saturated rings. The minimum Gasteiger partial charge on any atom is -0.352 e. The second kappa shape index (κ2) is 5.10. The van der Waals surface area contributed by atoms with Crippen molar-refractivity contribution < 1.29 is 0 Å². The first-order valence-electron chi connectivity index (χ1n) is 6.89. The van der Waals surface area contributed by atoms with Gasteiger partial charge in [-0.1, -0.05) is 0 Å². The molecule has 2 saturated heterocycles. The van der Waals surface area contributed by atoms with Crippen LogP contribution in [0.15, 0.2) is 17.2 Å². The van der Waals surface area contributed by atoms with Crippen LogP contribution < -0.4 is 15.8 Å². The molecule has 2 unspecified atom stereocenters. The molecule has 1 aromatic heterocycles. The molecule has 0 aliphatic carbocycles. The van der Waals surface area contributed by atoms with Crippen molar-refractivity contribution in [1.82, 2.24) is 15.3 Å². The number of nitrogens with one attached hydrogen (secondary N) is 2. The van der Waals surface area contributed by atoms with E-state index in [2.05, 4.69) is 20.2 Å². The molecule has 2 aliphatic heterocycles. The van der Waals surface area contributed by atoms with Gasteiger partial charge >= 0.3 is 0 Å². The highest BCUT2D eigenvalue weighted by atomic mass is 16.1. The second-order valence-corrected chi connectivity index (χ2v) is 5.23. The zero-order valence-corrected chi connectivity index (χ0v) is 10.6. The number of rotatable bonds is 2. The van der Waals surface area contributed by atoms with Crippen molar-refractivity contribution in [2.24, 2.45) is 0 Å². The van der Waals surface area contributed by atoms with Gasteiger partial charge in [0, 0.05) is 24.7 Å². The summed E-state index contributed by atoms with van der Waals surface area (Å²) < 4.78 is 0.